The molecule has 1 saturated heterocycles. The maximum Gasteiger partial charge on any atom is 0.408 e. The Labute approximate surface area is 219 Å². The average molecular weight is 516 g/mol. The molecule has 1 aliphatic carbocycles. The highest BCUT2D eigenvalue weighted by Gasteiger charge is 2.35. The van der Waals surface area contributed by atoms with E-state index in [1.807, 2.05) is 44.2 Å². The van der Waals surface area contributed by atoms with Crippen LogP contribution in [-0.2, 0) is 23.9 Å². The number of nitrogens with one attached hydrogen (secondary N) is 3. The Morgan fingerprint density at radius 1 is 0.973 bits per heavy atom. The summed E-state index contributed by atoms with van der Waals surface area (Å²) >= 11 is 0. The van der Waals surface area contributed by atoms with Crippen LogP contribution in [0.5, 0.6) is 0 Å². The Bertz CT molecular complexity index is 916. The van der Waals surface area contributed by atoms with E-state index in [4.69, 9.17) is 9.47 Å². The molecule has 2 aliphatic rings. The molecule has 3 amide bonds. The van der Waals surface area contributed by atoms with Crippen LogP contribution in [0.15, 0.2) is 30.3 Å². The van der Waals surface area contributed by atoms with Gasteiger partial charge in [-0.15, -0.1) is 0 Å². The highest BCUT2D eigenvalue weighted by atomic mass is 16.6. The zero-order valence-electron chi connectivity index (χ0n) is 22.2. The quantitative estimate of drug-likeness (QED) is 0.387. The van der Waals surface area contributed by atoms with Crippen molar-refractivity contribution in [3.63, 3.8) is 0 Å². The number of carbonyl (C=O) groups is 4. The van der Waals surface area contributed by atoms with Crippen LogP contribution in [0.3, 0.4) is 0 Å². The minimum absolute atomic E-state index is 0.0278. The van der Waals surface area contributed by atoms with E-state index in [9.17, 15) is 19.2 Å². The van der Waals surface area contributed by atoms with E-state index in [-0.39, 0.29) is 30.1 Å². The predicted octanol–water partition coefficient (Wildman–Crippen LogP) is 3.63. The van der Waals surface area contributed by atoms with Crippen LogP contribution in [0.25, 0.3) is 0 Å². The maximum atomic E-state index is 13.4. The first-order valence-corrected chi connectivity index (χ1v) is 13.5. The predicted molar refractivity (Wildman–Crippen MR) is 138 cm³/mol. The Hall–Kier alpha value is -3.10. The van der Waals surface area contributed by atoms with Gasteiger partial charge in [-0.3, -0.25) is 9.59 Å². The van der Waals surface area contributed by atoms with Crippen molar-refractivity contribution < 1.29 is 28.7 Å². The molecule has 1 heterocycles. The van der Waals surface area contributed by atoms with Gasteiger partial charge in [0, 0.05) is 12.5 Å². The van der Waals surface area contributed by atoms with Crippen molar-refractivity contribution in [2.45, 2.75) is 83.4 Å². The molecule has 0 aromatic heterocycles. The molecule has 4 atom stereocenters. The molecule has 3 N–H and O–H groups in total. The molecule has 0 bridgehead atoms. The van der Waals surface area contributed by atoms with Crippen molar-refractivity contribution in [3.05, 3.63) is 35.9 Å². The molecule has 204 valence electrons. The average Bonchev–Trinajstić information content (AvgIpc) is 3.30. The van der Waals surface area contributed by atoms with Crippen LogP contribution >= 0.6 is 0 Å². The molecule has 1 saturated carbocycles. The van der Waals surface area contributed by atoms with E-state index in [0.717, 1.165) is 31.2 Å². The van der Waals surface area contributed by atoms with Gasteiger partial charge in [-0.2, -0.15) is 0 Å². The molecule has 37 heavy (non-hydrogen) atoms. The van der Waals surface area contributed by atoms with Crippen molar-refractivity contribution in [1.29, 1.82) is 0 Å². The van der Waals surface area contributed by atoms with E-state index >= 15 is 0 Å². The third kappa shape index (κ3) is 8.47. The number of hydrogen-bond donors (Lipinski definition) is 3. The number of esters is 1. The zero-order valence-corrected chi connectivity index (χ0v) is 22.2. The van der Waals surface area contributed by atoms with E-state index in [2.05, 4.69) is 16.0 Å². The van der Waals surface area contributed by atoms with E-state index in [1.165, 1.54) is 13.5 Å². The first-order valence-electron chi connectivity index (χ1n) is 13.5. The third-order valence-electron chi connectivity index (χ3n) is 7.36. The van der Waals surface area contributed by atoms with Crippen molar-refractivity contribution >= 4 is 23.9 Å². The monoisotopic (exact) mass is 515 g/mol. The fraction of sp³-hybridized carbons (Fsp3) is 0.643. The normalized spacial score (nSPS) is 20.4. The number of methoxy groups -OCH3 is 1. The number of amides is 3. The van der Waals surface area contributed by atoms with Gasteiger partial charge in [0.2, 0.25) is 11.8 Å². The Morgan fingerprint density at radius 3 is 2.27 bits per heavy atom. The van der Waals surface area contributed by atoms with Gasteiger partial charge in [-0.1, -0.05) is 76.3 Å². The first kappa shape index (κ1) is 28.5. The second-order valence-corrected chi connectivity index (χ2v) is 10.5. The minimum Gasteiger partial charge on any atom is -0.467 e. The van der Waals surface area contributed by atoms with Crippen LogP contribution in [0.4, 0.5) is 4.79 Å². The molecule has 1 aromatic carbocycles. The summed E-state index contributed by atoms with van der Waals surface area (Å²) in [7, 11) is 1.25. The number of rotatable bonds is 11. The fourth-order valence-electron chi connectivity index (χ4n) is 5.29. The summed E-state index contributed by atoms with van der Waals surface area (Å²) in [6, 6.07) is 7.65. The highest BCUT2D eigenvalue weighted by molar-refractivity contribution is 5.90. The van der Waals surface area contributed by atoms with Crippen LogP contribution in [0, 0.1) is 17.8 Å². The molecule has 0 radical (unpaired) electrons. The lowest BCUT2D eigenvalue weighted by molar-refractivity contribution is -0.146. The molecule has 3 rings (SSSR count). The lowest BCUT2D eigenvalue weighted by Gasteiger charge is -2.29. The zero-order chi connectivity index (χ0) is 26.8. The Balaban J connectivity index is 1.71. The highest BCUT2D eigenvalue weighted by Crippen LogP contribution is 2.29. The SMILES string of the molecule is COC(=O)[C@H](C[C@@H]1CCNC1=O)NC(=O)[C@H](CC1CCCCC1)NC(=O)OC(c1ccccc1)C(C)C. The molecule has 1 unspecified atom stereocenters. The number of alkyl carbamates (subject to hydrolysis) is 1. The summed E-state index contributed by atoms with van der Waals surface area (Å²) in [6.07, 6.45) is 5.38. The van der Waals surface area contributed by atoms with E-state index in [1.54, 1.807) is 0 Å². The van der Waals surface area contributed by atoms with Gasteiger partial charge in [0.25, 0.3) is 0 Å². The summed E-state index contributed by atoms with van der Waals surface area (Å²) in [5.41, 5.74) is 0.876. The Morgan fingerprint density at radius 2 is 1.68 bits per heavy atom. The van der Waals surface area contributed by atoms with E-state index in [0.29, 0.717) is 19.4 Å². The molecule has 0 spiro atoms. The lowest BCUT2D eigenvalue weighted by atomic mass is 9.84. The Kier molecular flexibility index (Phi) is 10.8. The summed E-state index contributed by atoms with van der Waals surface area (Å²) in [6.45, 7) is 4.48. The second-order valence-electron chi connectivity index (χ2n) is 10.5. The molecular weight excluding hydrogens is 474 g/mol. The molecule has 1 aliphatic heterocycles. The third-order valence-corrected chi connectivity index (χ3v) is 7.36. The smallest absolute Gasteiger partial charge is 0.408 e. The summed E-state index contributed by atoms with van der Waals surface area (Å²) in [5.74, 6) is -1.29. The number of ether oxygens (including phenoxy) is 2. The standard InChI is InChI=1S/C28H41N3O6/c1-18(2)24(20-12-8-5-9-13-20)37-28(35)31-22(16-19-10-6-4-7-11-19)26(33)30-23(27(34)36-3)17-21-14-15-29-25(21)32/h5,8-9,12-13,18-19,21-24H,4,6-7,10-11,14-17H2,1-3H3,(H,29,32)(H,30,33)(H,31,35)/t21-,22-,23-,24?/m0/s1. The van der Waals surface area contributed by atoms with Crippen LogP contribution in [0.2, 0.25) is 0 Å². The second kappa shape index (κ2) is 14.0. The fourth-order valence-corrected chi connectivity index (χ4v) is 5.29. The van der Waals surface area contributed by atoms with Crippen LogP contribution in [-0.4, -0.2) is 49.6 Å². The largest absolute Gasteiger partial charge is 0.467 e. The molecule has 1 aromatic rings. The minimum atomic E-state index is -0.981. The van der Waals surface area contributed by atoms with Gasteiger partial charge in [-0.05, 0) is 36.7 Å². The number of hydrogen-bond acceptors (Lipinski definition) is 6. The summed E-state index contributed by atoms with van der Waals surface area (Å²) in [5, 5.41) is 8.29. The van der Waals surface area contributed by atoms with Gasteiger partial charge in [0.15, 0.2) is 0 Å². The van der Waals surface area contributed by atoms with Crippen molar-refractivity contribution in [1.82, 2.24) is 16.0 Å². The summed E-state index contributed by atoms with van der Waals surface area (Å²) in [4.78, 5) is 51.0. The van der Waals surface area contributed by atoms with Gasteiger partial charge in [-0.25, -0.2) is 9.59 Å². The van der Waals surface area contributed by atoms with Crippen molar-refractivity contribution in [2.75, 3.05) is 13.7 Å². The van der Waals surface area contributed by atoms with Gasteiger partial charge < -0.3 is 25.4 Å². The number of carbonyl (C=O) groups excluding carboxylic acids is 4. The van der Waals surface area contributed by atoms with Gasteiger partial charge in [0.1, 0.15) is 18.2 Å². The van der Waals surface area contributed by atoms with Crippen LogP contribution < -0.4 is 16.0 Å². The summed E-state index contributed by atoms with van der Waals surface area (Å²) < 4.78 is 10.7. The van der Waals surface area contributed by atoms with Crippen LogP contribution in [0.1, 0.15) is 76.9 Å². The lowest BCUT2D eigenvalue weighted by Crippen LogP contribution is -2.53. The van der Waals surface area contributed by atoms with Gasteiger partial charge >= 0.3 is 12.1 Å². The molecule has 2 fully saturated rings. The molecular formula is C28H41N3O6. The van der Waals surface area contributed by atoms with Crippen molar-refractivity contribution in [3.8, 4) is 0 Å². The topological polar surface area (TPSA) is 123 Å². The first-order chi connectivity index (χ1) is 17.8. The molecule has 9 nitrogen and oxygen atoms in total. The number of benzene rings is 1. The molecule has 9 heteroatoms. The van der Waals surface area contributed by atoms with Gasteiger partial charge in [0.05, 0.1) is 7.11 Å². The van der Waals surface area contributed by atoms with E-state index < -0.39 is 36.2 Å². The maximum absolute atomic E-state index is 13.4. The van der Waals surface area contributed by atoms with Crippen molar-refractivity contribution in [2.24, 2.45) is 17.8 Å².